The number of rotatable bonds is 4. The molecule has 0 amide bonds. The molecule has 0 heterocycles. The van der Waals surface area contributed by atoms with Crippen LogP contribution < -0.4 is 19.7 Å². The molecule has 0 N–H and O–H groups in total. The number of aromatic carboxylic acids is 2. The summed E-state index contributed by atoms with van der Waals surface area (Å²) in [5.41, 5.74) is -0.0218. The molecule has 0 atom stereocenters. The van der Waals surface area contributed by atoms with E-state index in [1.807, 2.05) is 61.4 Å². The molecular weight excluding hydrogens is 689 g/mol. The Balaban J connectivity index is 0.000000569. The van der Waals surface area contributed by atoms with Crippen LogP contribution in [0.2, 0.25) is 0 Å². The van der Waals surface area contributed by atoms with E-state index in [9.17, 15) is 46.1 Å². The second kappa shape index (κ2) is 19.1. The van der Waals surface area contributed by atoms with Gasteiger partial charge < -0.3 is 29.3 Å². The third-order valence-corrected chi connectivity index (χ3v) is 4.77. The standard InChI is InChI=1S/2C8H5F3O3.2C7H7.Sn/c2*1-14-7-5(10)3(8(12)13)2-4(9)6(7)11;2*1-7-5-3-2-4-6-7;/h2*2H,1H3,(H,12,13);2*2-6H,1H2;/q;;;;+2/p-2. The summed E-state index contributed by atoms with van der Waals surface area (Å²) < 4.78 is 85.2. The number of carbonyl (C=O) groups excluding carboxylic acids is 2. The molecule has 13 heteroatoms. The molecule has 43 heavy (non-hydrogen) atoms. The van der Waals surface area contributed by atoms with Gasteiger partial charge in [-0.3, -0.25) is 0 Å². The van der Waals surface area contributed by atoms with Gasteiger partial charge in [0.1, 0.15) is 0 Å². The molecule has 224 valence electrons. The molecule has 2 aliphatic rings. The summed E-state index contributed by atoms with van der Waals surface area (Å²) in [6, 6.07) is 0.394. The summed E-state index contributed by atoms with van der Waals surface area (Å²) in [5, 5.41) is 20.5. The van der Waals surface area contributed by atoms with Crippen molar-refractivity contribution < 1.29 is 55.6 Å². The molecule has 4 rings (SSSR count). The second-order valence-electron chi connectivity index (χ2n) is 7.68. The van der Waals surface area contributed by atoms with Crippen LogP contribution in [0.1, 0.15) is 20.7 Å². The zero-order valence-corrected chi connectivity index (χ0v) is 25.4. The Hall–Kier alpha value is -4.20. The van der Waals surface area contributed by atoms with Crippen molar-refractivity contribution in [2.24, 2.45) is 0 Å². The molecule has 4 radical (unpaired) electrons. The van der Waals surface area contributed by atoms with E-state index in [1.165, 1.54) is 0 Å². The van der Waals surface area contributed by atoms with Gasteiger partial charge in [-0.15, -0.1) is 0 Å². The van der Waals surface area contributed by atoms with Gasteiger partial charge in [0, 0.05) is 24.0 Å². The quantitative estimate of drug-likeness (QED) is 0.267. The summed E-state index contributed by atoms with van der Waals surface area (Å²) in [7, 11) is 1.78. The summed E-state index contributed by atoms with van der Waals surface area (Å²) in [5.74, 6) is -15.2. The molecule has 6 nitrogen and oxygen atoms in total. The number of ether oxygens (including phenoxy) is 2. The molecule has 0 aromatic heterocycles. The van der Waals surface area contributed by atoms with Gasteiger partial charge >= 0.3 is 23.9 Å². The maximum atomic E-state index is 13.0. The fourth-order valence-electron chi connectivity index (χ4n) is 2.77. The van der Waals surface area contributed by atoms with E-state index in [2.05, 4.69) is 22.6 Å². The predicted octanol–water partition coefficient (Wildman–Crippen LogP) is 4.32. The minimum atomic E-state index is -1.94. The SMILES string of the molecule is C=C1[CH]C=CC=C1.C=C1[CH]C=CC=C1.COc1c(F)c(F)cc(C(=O)[O-])c1F.COc1c(F)c(F)cc(C(=O)[O-])c1F.[Sn+2]. The summed E-state index contributed by atoms with van der Waals surface area (Å²) in [4.78, 5) is 20.5. The topological polar surface area (TPSA) is 98.7 Å². The molecule has 0 fully saturated rings. The Morgan fingerprint density at radius 1 is 0.605 bits per heavy atom. The molecule has 2 aliphatic carbocycles. The van der Waals surface area contributed by atoms with Crippen molar-refractivity contribution in [3.05, 3.63) is 144 Å². The average Bonchev–Trinajstić information content (AvgIpc) is 2.95. The molecule has 2 aromatic rings. The minimum Gasteiger partial charge on any atom is -0.545 e. The first-order chi connectivity index (χ1) is 19.8. The van der Waals surface area contributed by atoms with Gasteiger partial charge in [-0.2, -0.15) is 8.78 Å². The second-order valence-corrected chi connectivity index (χ2v) is 7.68. The molecule has 0 aliphatic heterocycles. The van der Waals surface area contributed by atoms with Gasteiger partial charge in [-0.25, -0.2) is 17.6 Å². The van der Waals surface area contributed by atoms with Crippen LogP contribution in [0.15, 0.2) is 85.0 Å². The van der Waals surface area contributed by atoms with Crippen molar-refractivity contribution >= 4 is 35.8 Å². The zero-order valence-electron chi connectivity index (χ0n) is 22.6. The van der Waals surface area contributed by atoms with E-state index in [0.717, 1.165) is 25.4 Å². The van der Waals surface area contributed by atoms with Crippen molar-refractivity contribution in [1.82, 2.24) is 0 Å². The Labute approximate surface area is 260 Å². The summed E-state index contributed by atoms with van der Waals surface area (Å²) in [6.45, 7) is 7.44. The van der Waals surface area contributed by atoms with Crippen molar-refractivity contribution in [1.29, 1.82) is 0 Å². The van der Waals surface area contributed by atoms with Crippen molar-refractivity contribution in [2.45, 2.75) is 0 Å². The van der Waals surface area contributed by atoms with Gasteiger partial charge in [0.2, 0.25) is 11.6 Å². The minimum absolute atomic E-state index is 0. The third-order valence-electron chi connectivity index (χ3n) is 4.77. The van der Waals surface area contributed by atoms with E-state index in [0.29, 0.717) is 0 Å². The fourth-order valence-corrected chi connectivity index (χ4v) is 2.77. The number of halogens is 6. The van der Waals surface area contributed by atoms with Crippen molar-refractivity contribution in [3.63, 3.8) is 0 Å². The Kier molecular flexibility index (Phi) is 17.2. The number of allylic oxidation sites excluding steroid dienone is 10. The summed E-state index contributed by atoms with van der Waals surface area (Å²) >= 11 is 0. The van der Waals surface area contributed by atoms with Crippen LogP contribution >= 0.6 is 0 Å². The zero-order chi connectivity index (χ0) is 32.0. The van der Waals surface area contributed by atoms with Gasteiger partial charge in [-0.05, 0) is 23.3 Å². The monoisotopic (exact) mass is 712 g/mol. The average molecular weight is 711 g/mol. The summed E-state index contributed by atoms with van der Waals surface area (Å²) in [6.07, 6.45) is 19.7. The van der Waals surface area contributed by atoms with Gasteiger partial charge in [-0.1, -0.05) is 61.8 Å². The number of carboxylic acids is 2. The molecular formula is C30H22F6O6Sn. The number of carboxylic acid groups (broad SMARTS) is 2. The third kappa shape index (κ3) is 11.9. The number of carbonyl (C=O) groups is 2. The fraction of sp³-hybridized carbons (Fsp3) is 0.0667. The number of hydrogen-bond donors (Lipinski definition) is 0. The Morgan fingerprint density at radius 2 is 0.930 bits per heavy atom. The van der Waals surface area contributed by atoms with Crippen LogP contribution in [0.5, 0.6) is 11.5 Å². The normalized spacial score (nSPS) is 12.4. The smallest absolute Gasteiger partial charge is 0.545 e. The van der Waals surface area contributed by atoms with Crippen LogP contribution in [0.4, 0.5) is 26.3 Å². The maximum absolute atomic E-state index is 13.0. The largest absolute Gasteiger partial charge is 2.00 e. The predicted molar refractivity (Wildman–Crippen MR) is 144 cm³/mol. The van der Waals surface area contributed by atoms with Crippen molar-refractivity contribution in [2.75, 3.05) is 14.2 Å². The van der Waals surface area contributed by atoms with E-state index in [-0.39, 0.29) is 36.0 Å². The first-order valence-electron chi connectivity index (χ1n) is 11.4. The number of hydrogen-bond acceptors (Lipinski definition) is 6. The molecule has 0 bridgehead atoms. The molecule has 0 saturated heterocycles. The number of benzene rings is 2. The van der Waals surface area contributed by atoms with Gasteiger partial charge in [0.15, 0.2) is 34.8 Å². The van der Waals surface area contributed by atoms with Crippen LogP contribution in [0.3, 0.4) is 0 Å². The first kappa shape index (κ1) is 38.8. The van der Waals surface area contributed by atoms with Crippen LogP contribution in [-0.4, -0.2) is 50.1 Å². The van der Waals surface area contributed by atoms with E-state index < -0.39 is 69.5 Å². The maximum Gasteiger partial charge on any atom is 2.00 e. The van der Waals surface area contributed by atoms with Crippen LogP contribution in [0, 0.1) is 47.7 Å². The van der Waals surface area contributed by atoms with E-state index in [1.54, 1.807) is 0 Å². The van der Waals surface area contributed by atoms with Crippen LogP contribution in [-0.2, 0) is 0 Å². The molecule has 2 aromatic carbocycles. The molecule has 0 unspecified atom stereocenters. The Morgan fingerprint density at radius 3 is 1.12 bits per heavy atom. The molecule has 0 saturated carbocycles. The van der Waals surface area contributed by atoms with Crippen molar-refractivity contribution in [3.8, 4) is 11.5 Å². The molecule has 0 spiro atoms. The van der Waals surface area contributed by atoms with E-state index >= 15 is 0 Å². The van der Waals surface area contributed by atoms with Crippen LogP contribution in [0.25, 0.3) is 0 Å². The number of methoxy groups -OCH3 is 2. The van der Waals surface area contributed by atoms with Gasteiger partial charge in [0.05, 0.1) is 26.2 Å². The first-order valence-corrected chi connectivity index (χ1v) is 11.4. The Bertz CT molecular complexity index is 1350. The van der Waals surface area contributed by atoms with E-state index in [4.69, 9.17) is 0 Å². The van der Waals surface area contributed by atoms with Gasteiger partial charge in [0.25, 0.3) is 0 Å².